The number of carbonyl (C=O) groups is 2. The average Bonchev–Trinajstić information content (AvgIpc) is 3.37. The van der Waals surface area contributed by atoms with E-state index in [0.29, 0.717) is 5.92 Å². The van der Waals surface area contributed by atoms with Gasteiger partial charge in [-0.2, -0.15) is 0 Å². The largest absolute Gasteiger partial charge is 0.347 e. The molecule has 2 aromatic rings. The molecule has 0 bridgehead atoms. The number of carbonyl (C=O) groups excluding carboxylic acids is 2. The summed E-state index contributed by atoms with van der Waals surface area (Å²) in [6.45, 7) is 6.20. The van der Waals surface area contributed by atoms with Gasteiger partial charge in [0.2, 0.25) is 11.8 Å². The van der Waals surface area contributed by atoms with Gasteiger partial charge < -0.3 is 10.6 Å². The third-order valence-corrected chi connectivity index (χ3v) is 5.17. The average molecular weight is 350 g/mol. The predicted octanol–water partition coefficient (Wildman–Crippen LogP) is 3.28. The molecule has 4 heteroatoms. The van der Waals surface area contributed by atoms with Crippen molar-refractivity contribution in [2.45, 2.75) is 33.2 Å². The molecule has 1 aliphatic carbocycles. The van der Waals surface area contributed by atoms with E-state index in [1.807, 2.05) is 36.4 Å². The van der Waals surface area contributed by atoms with Crippen molar-refractivity contribution in [2.24, 2.45) is 11.8 Å². The van der Waals surface area contributed by atoms with Gasteiger partial charge in [0, 0.05) is 5.92 Å². The molecule has 136 valence electrons. The fourth-order valence-electron chi connectivity index (χ4n) is 3.15. The van der Waals surface area contributed by atoms with Gasteiger partial charge in [-0.3, -0.25) is 9.59 Å². The molecule has 0 unspecified atom stereocenters. The maximum Gasteiger partial charge on any atom is 0.240 e. The number of benzene rings is 2. The number of rotatable bonds is 6. The first-order valence-electron chi connectivity index (χ1n) is 9.15. The third kappa shape index (κ3) is 4.31. The van der Waals surface area contributed by atoms with Crippen LogP contribution in [-0.2, 0) is 9.59 Å². The van der Waals surface area contributed by atoms with Crippen LogP contribution < -0.4 is 10.6 Å². The Balaban J connectivity index is 1.72. The lowest BCUT2D eigenvalue weighted by Crippen LogP contribution is -2.39. The Labute approximate surface area is 155 Å². The molecule has 0 saturated heterocycles. The van der Waals surface area contributed by atoms with Crippen LogP contribution in [0.25, 0.3) is 0 Å². The van der Waals surface area contributed by atoms with E-state index in [-0.39, 0.29) is 30.3 Å². The molecule has 0 radical (unpaired) electrons. The summed E-state index contributed by atoms with van der Waals surface area (Å²) in [5, 5.41) is 5.82. The second-order valence-corrected chi connectivity index (χ2v) is 7.29. The maximum absolute atomic E-state index is 12.5. The Bertz CT molecular complexity index is 801. The first-order valence-corrected chi connectivity index (χ1v) is 9.15. The molecule has 3 rings (SSSR count). The number of hydrogen-bond acceptors (Lipinski definition) is 2. The quantitative estimate of drug-likeness (QED) is 0.840. The van der Waals surface area contributed by atoms with Crippen molar-refractivity contribution in [3.8, 4) is 0 Å². The summed E-state index contributed by atoms with van der Waals surface area (Å²) in [6.07, 6.45) is 0.919. The minimum atomic E-state index is -0.236. The highest BCUT2D eigenvalue weighted by molar-refractivity contribution is 5.87. The topological polar surface area (TPSA) is 58.2 Å². The number of nitrogens with one attached hydrogen (secondary N) is 2. The number of amides is 2. The van der Waals surface area contributed by atoms with Crippen molar-refractivity contribution >= 4 is 11.8 Å². The first-order chi connectivity index (χ1) is 12.5. The van der Waals surface area contributed by atoms with E-state index >= 15 is 0 Å². The second kappa shape index (κ2) is 7.73. The normalized spacial score (nSPS) is 19.5. The van der Waals surface area contributed by atoms with Gasteiger partial charge in [0.1, 0.15) is 0 Å². The van der Waals surface area contributed by atoms with Gasteiger partial charge in [-0.05, 0) is 48.4 Å². The Morgan fingerprint density at radius 2 is 1.73 bits per heavy atom. The van der Waals surface area contributed by atoms with Crippen LogP contribution in [0.1, 0.15) is 41.6 Å². The van der Waals surface area contributed by atoms with Crippen LogP contribution in [0.4, 0.5) is 0 Å². The number of hydrogen-bond donors (Lipinski definition) is 2. The Hall–Kier alpha value is -2.62. The van der Waals surface area contributed by atoms with Crippen molar-refractivity contribution in [1.82, 2.24) is 10.6 Å². The standard InChI is InChI=1S/C22H26N2O2/c1-14-9-10-18(11-15(14)2)21(17-7-5-4-6-8-17)24-20(25)13-23-22(26)19-12-16(19)3/h4-11,16,19,21H,12-13H2,1-3H3,(H,23,26)(H,24,25)/t16-,19+,21-/m1/s1. The van der Waals surface area contributed by atoms with E-state index in [4.69, 9.17) is 0 Å². The smallest absolute Gasteiger partial charge is 0.240 e. The van der Waals surface area contributed by atoms with E-state index in [1.165, 1.54) is 11.1 Å². The van der Waals surface area contributed by atoms with Gasteiger partial charge in [0.05, 0.1) is 12.6 Å². The van der Waals surface area contributed by atoms with E-state index in [0.717, 1.165) is 17.5 Å². The van der Waals surface area contributed by atoms with Gasteiger partial charge in [-0.15, -0.1) is 0 Å². The van der Waals surface area contributed by atoms with Crippen LogP contribution in [-0.4, -0.2) is 18.4 Å². The molecule has 1 fully saturated rings. The highest BCUT2D eigenvalue weighted by Gasteiger charge is 2.39. The van der Waals surface area contributed by atoms with E-state index in [2.05, 4.69) is 43.5 Å². The summed E-state index contributed by atoms with van der Waals surface area (Å²) in [4.78, 5) is 24.4. The summed E-state index contributed by atoms with van der Waals surface area (Å²) in [5.74, 6) is 0.312. The molecule has 1 aliphatic rings. The summed E-state index contributed by atoms with van der Waals surface area (Å²) in [5.41, 5.74) is 4.47. The lowest BCUT2D eigenvalue weighted by Gasteiger charge is -2.21. The molecule has 0 spiro atoms. The second-order valence-electron chi connectivity index (χ2n) is 7.29. The zero-order chi connectivity index (χ0) is 18.7. The molecule has 2 aromatic carbocycles. The van der Waals surface area contributed by atoms with Gasteiger partial charge in [0.25, 0.3) is 0 Å². The molecule has 26 heavy (non-hydrogen) atoms. The summed E-state index contributed by atoms with van der Waals surface area (Å²) in [7, 11) is 0. The molecule has 2 amide bonds. The molecule has 3 atom stereocenters. The minimum Gasteiger partial charge on any atom is -0.347 e. The van der Waals surface area contributed by atoms with Crippen molar-refractivity contribution in [1.29, 1.82) is 0 Å². The molecular formula is C22H26N2O2. The highest BCUT2D eigenvalue weighted by atomic mass is 16.2. The number of aryl methyl sites for hydroxylation is 2. The zero-order valence-electron chi connectivity index (χ0n) is 15.6. The Morgan fingerprint density at radius 1 is 1.04 bits per heavy atom. The van der Waals surface area contributed by atoms with Crippen LogP contribution in [0.3, 0.4) is 0 Å². The van der Waals surface area contributed by atoms with Crippen LogP contribution in [0, 0.1) is 25.7 Å². The SMILES string of the molecule is Cc1ccc([C@H](NC(=O)CNC(=O)[C@H]2C[C@H]2C)c2ccccc2)cc1C. The zero-order valence-corrected chi connectivity index (χ0v) is 15.6. The molecule has 0 heterocycles. The molecular weight excluding hydrogens is 324 g/mol. The minimum absolute atomic E-state index is 0.0101. The molecule has 0 aliphatic heterocycles. The molecule has 2 N–H and O–H groups in total. The van der Waals surface area contributed by atoms with E-state index < -0.39 is 0 Å². The predicted molar refractivity (Wildman–Crippen MR) is 103 cm³/mol. The van der Waals surface area contributed by atoms with Crippen molar-refractivity contribution in [3.05, 3.63) is 70.8 Å². The third-order valence-electron chi connectivity index (χ3n) is 5.17. The summed E-state index contributed by atoms with van der Waals surface area (Å²) in [6, 6.07) is 15.9. The van der Waals surface area contributed by atoms with Gasteiger partial charge >= 0.3 is 0 Å². The van der Waals surface area contributed by atoms with Crippen molar-refractivity contribution < 1.29 is 9.59 Å². The van der Waals surface area contributed by atoms with E-state index in [1.54, 1.807) is 0 Å². The van der Waals surface area contributed by atoms with Gasteiger partial charge in [0.15, 0.2) is 0 Å². The lowest BCUT2D eigenvalue weighted by atomic mass is 9.95. The highest BCUT2D eigenvalue weighted by Crippen LogP contribution is 2.37. The van der Waals surface area contributed by atoms with Crippen molar-refractivity contribution in [3.63, 3.8) is 0 Å². The summed E-state index contributed by atoms with van der Waals surface area (Å²) < 4.78 is 0. The Morgan fingerprint density at radius 3 is 2.35 bits per heavy atom. The first kappa shape index (κ1) is 18.2. The van der Waals surface area contributed by atoms with Crippen LogP contribution >= 0.6 is 0 Å². The molecule has 1 saturated carbocycles. The molecule has 0 aromatic heterocycles. The van der Waals surface area contributed by atoms with Crippen LogP contribution in [0.2, 0.25) is 0 Å². The summed E-state index contributed by atoms with van der Waals surface area (Å²) >= 11 is 0. The Kier molecular flexibility index (Phi) is 5.40. The van der Waals surface area contributed by atoms with Crippen LogP contribution in [0.15, 0.2) is 48.5 Å². The van der Waals surface area contributed by atoms with Crippen molar-refractivity contribution in [2.75, 3.05) is 6.54 Å². The van der Waals surface area contributed by atoms with Gasteiger partial charge in [-0.25, -0.2) is 0 Å². The fraction of sp³-hybridized carbons (Fsp3) is 0.364. The van der Waals surface area contributed by atoms with E-state index in [9.17, 15) is 9.59 Å². The maximum atomic E-state index is 12.5. The fourth-order valence-corrected chi connectivity index (χ4v) is 3.15. The lowest BCUT2D eigenvalue weighted by molar-refractivity contribution is -0.127. The van der Waals surface area contributed by atoms with Crippen LogP contribution in [0.5, 0.6) is 0 Å². The van der Waals surface area contributed by atoms with Gasteiger partial charge in [-0.1, -0.05) is 55.5 Å². The monoisotopic (exact) mass is 350 g/mol. The molecule has 4 nitrogen and oxygen atoms in total.